The minimum atomic E-state index is -0.812. The molecular formula is C15H11FN2O2. The lowest BCUT2D eigenvalue weighted by atomic mass is 10.2. The predicted molar refractivity (Wildman–Crippen MR) is 72.4 cm³/mol. The average Bonchev–Trinajstić information content (AvgIpc) is 2.46. The molecule has 0 fully saturated rings. The third kappa shape index (κ3) is 3.56. The molecule has 0 saturated carbocycles. The van der Waals surface area contributed by atoms with Gasteiger partial charge in [-0.05, 0) is 17.7 Å². The Morgan fingerprint density at radius 2 is 2.05 bits per heavy atom. The van der Waals surface area contributed by atoms with Gasteiger partial charge in [0.1, 0.15) is 12.4 Å². The SMILES string of the molecule is C#Cc1ccc(NC(=O)OCc2ccccc2)nc1F. The van der Waals surface area contributed by atoms with Gasteiger partial charge in [0.05, 0.1) is 5.56 Å². The predicted octanol–water partition coefficient (Wildman–Crippen LogP) is 2.95. The molecule has 1 heterocycles. The van der Waals surface area contributed by atoms with Gasteiger partial charge in [-0.15, -0.1) is 6.42 Å². The summed E-state index contributed by atoms with van der Waals surface area (Å²) in [5, 5.41) is 2.32. The van der Waals surface area contributed by atoms with Gasteiger partial charge in [-0.1, -0.05) is 36.3 Å². The van der Waals surface area contributed by atoms with E-state index in [0.717, 1.165) is 5.56 Å². The van der Waals surface area contributed by atoms with Gasteiger partial charge < -0.3 is 4.74 Å². The number of halogens is 1. The lowest BCUT2D eigenvalue weighted by Crippen LogP contribution is -2.15. The maximum Gasteiger partial charge on any atom is 0.413 e. The Morgan fingerprint density at radius 3 is 2.70 bits per heavy atom. The molecule has 0 aliphatic rings. The first-order valence-electron chi connectivity index (χ1n) is 5.80. The second-order valence-corrected chi connectivity index (χ2v) is 3.87. The van der Waals surface area contributed by atoms with E-state index in [1.807, 2.05) is 30.3 Å². The molecule has 1 amide bonds. The number of aromatic nitrogens is 1. The number of terminal acetylenes is 1. The zero-order valence-electron chi connectivity index (χ0n) is 10.5. The van der Waals surface area contributed by atoms with Crippen LogP contribution in [0.4, 0.5) is 15.0 Å². The fourth-order valence-corrected chi connectivity index (χ4v) is 1.48. The molecule has 1 aromatic carbocycles. The number of pyridine rings is 1. The van der Waals surface area contributed by atoms with Gasteiger partial charge in [-0.25, -0.2) is 9.78 Å². The molecule has 0 spiro atoms. The number of rotatable bonds is 3. The molecule has 0 unspecified atom stereocenters. The number of benzene rings is 1. The number of nitrogens with one attached hydrogen (secondary N) is 1. The fraction of sp³-hybridized carbons (Fsp3) is 0.0667. The van der Waals surface area contributed by atoms with Crippen LogP contribution < -0.4 is 5.32 Å². The Hall–Kier alpha value is -2.87. The summed E-state index contributed by atoms with van der Waals surface area (Å²) in [7, 11) is 0. The number of hydrogen-bond acceptors (Lipinski definition) is 3. The van der Waals surface area contributed by atoms with Crippen LogP contribution in [0, 0.1) is 18.3 Å². The van der Waals surface area contributed by atoms with Crippen LogP contribution in [0.2, 0.25) is 0 Å². The topological polar surface area (TPSA) is 51.2 Å². The molecule has 0 aliphatic carbocycles. The third-order valence-electron chi connectivity index (χ3n) is 2.45. The van der Waals surface area contributed by atoms with Crippen LogP contribution in [-0.4, -0.2) is 11.1 Å². The zero-order valence-corrected chi connectivity index (χ0v) is 10.5. The molecule has 0 radical (unpaired) electrons. The Labute approximate surface area is 115 Å². The van der Waals surface area contributed by atoms with Crippen molar-refractivity contribution in [2.24, 2.45) is 0 Å². The monoisotopic (exact) mass is 270 g/mol. The normalized spacial score (nSPS) is 9.60. The van der Waals surface area contributed by atoms with Gasteiger partial charge in [0.15, 0.2) is 0 Å². The Kier molecular flexibility index (Phi) is 4.30. The Balaban J connectivity index is 1.92. The second kappa shape index (κ2) is 6.34. The number of ether oxygens (including phenoxy) is 1. The van der Waals surface area contributed by atoms with Crippen molar-refractivity contribution in [1.29, 1.82) is 0 Å². The first-order chi connectivity index (χ1) is 9.69. The highest BCUT2D eigenvalue weighted by Crippen LogP contribution is 2.09. The van der Waals surface area contributed by atoms with E-state index in [0.29, 0.717) is 0 Å². The highest BCUT2D eigenvalue weighted by atomic mass is 19.1. The minimum absolute atomic E-state index is 0.0354. The summed E-state index contributed by atoms with van der Waals surface area (Å²) in [6, 6.07) is 12.0. The number of amides is 1. The molecule has 2 aromatic rings. The van der Waals surface area contributed by atoms with E-state index in [1.165, 1.54) is 12.1 Å². The van der Waals surface area contributed by atoms with Crippen LogP contribution >= 0.6 is 0 Å². The van der Waals surface area contributed by atoms with Crippen molar-refractivity contribution >= 4 is 11.9 Å². The number of carbonyl (C=O) groups is 1. The Morgan fingerprint density at radius 1 is 1.30 bits per heavy atom. The van der Waals surface area contributed by atoms with Crippen LogP contribution in [0.5, 0.6) is 0 Å². The van der Waals surface area contributed by atoms with Crippen molar-refractivity contribution in [2.45, 2.75) is 6.61 Å². The maximum atomic E-state index is 13.3. The van der Waals surface area contributed by atoms with Crippen molar-refractivity contribution in [3.63, 3.8) is 0 Å². The first-order valence-corrected chi connectivity index (χ1v) is 5.80. The van der Waals surface area contributed by atoms with E-state index < -0.39 is 12.0 Å². The molecule has 5 heteroatoms. The van der Waals surface area contributed by atoms with E-state index in [1.54, 1.807) is 0 Å². The lowest BCUT2D eigenvalue weighted by molar-refractivity contribution is 0.155. The molecule has 1 N–H and O–H groups in total. The number of anilines is 1. The summed E-state index contributed by atoms with van der Waals surface area (Å²) in [6.45, 7) is 0.123. The van der Waals surface area contributed by atoms with Crippen LogP contribution in [0.1, 0.15) is 11.1 Å². The summed E-state index contributed by atoms with van der Waals surface area (Å²) in [5.74, 6) is 1.37. The molecule has 2 rings (SSSR count). The van der Waals surface area contributed by atoms with Crippen LogP contribution in [0.25, 0.3) is 0 Å². The summed E-state index contributed by atoms with van der Waals surface area (Å²) in [4.78, 5) is 15.0. The molecule has 0 saturated heterocycles. The average molecular weight is 270 g/mol. The molecule has 4 nitrogen and oxygen atoms in total. The standard InChI is InChI=1S/C15H11FN2O2/c1-2-12-8-9-13(17-14(12)16)18-15(19)20-10-11-6-4-3-5-7-11/h1,3-9H,10H2,(H,17,18,19). The van der Waals surface area contributed by atoms with Crippen molar-refractivity contribution in [3.8, 4) is 12.3 Å². The van der Waals surface area contributed by atoms with Crippen LogP contribution in [0.3, 0.4) is 0 Å². The largest absolute Gasteiger partial charge is 0.444 e. The van der Waals surface area contributed by atoms with Crippen LogP contribution in [0.15, 0.2) is 42.5 Å². The van der Waals surface area contributed by atoms with E-state index in [9.17, 15) is 9.18 Å². The quantitative estimate of drug-likeness (QED) is 0.689. The summed E-state index contributed by atoms with van der Waals surface area (Å²) in [5.41, 5.74) is 0.887. The van der Waals surface area contributed by atoms with Crippen molar-refractivity contribution in [3.05, 3.63) is 59.5 Å². The number of carbonyl (C=O) groups excluding carboxylic acids is 1. The first kappa shape index (κ1) is 13.6. The smallest absolute Gasteiger partial charge is 0.413 e. The number of hydrogen-bond donors (Lipinski definition) is 1. The fourth-order valence-electron chi connectivity index (χ4n) is 1.48. The minimum Gasteiger partial charge on any atom is -0.444 e. The Bertz CT molecular complexity index is 651. The highest BCUT2D eigenvalue weighted by molar-refractivity contribution is 5.83. The van der Waals surface area contributed by atoms with E-state index in [2.05, 4.69) is 16.2 Å². The molecule has 0 aliphatic heterocycles. The van der Waals surface area contributed by atoms with Gasteiger partial charge in [0.25, 0.3) is 0 Å². The molecule has 0 bridgehead atoms. The second-order valence-electron chi connectivity index (χ2n) is 3.87. The summed E-state index contributed by atoms with van der Waals surface area (Å²) in [6.07, 6.45) is 4.36. The van der Waals surface area contributed by atoms with Crippen molar-refractivity contribution in [2.75, 3.05) is 5.32 Å². The van der Waals surface area contributed by atoms with Gasteiger partial charge in [-0.3, -0.25) is 5.32 Å². The number of nitrogens with zero attached hydrogens (tertiary/aromatic N) is 1. The van der Waals surface area contributed by atoms with Crippen molar-refractivity contribution < 1.29 is 13.9 Å². The van der Waals surface area contributed by atoms with Gasteiger partial charge >= 0.3 is 6.09 Å². The van der Waals surface area contributed by atoms with Gasteiger partial charge in [0, 0.05) is 0 Å². The van der Waals surface area contributed by atoms with Gasteiger partial charge in [-0.2, -0.15) is 4.39 Å². The molecule has 20 heavy (non-hydrogen) atoms. The zero-order chi connectivity index (χ0) is 14.4. The van der Waals surface area contributed by atoms with Crippen molar-refractivity contribution in [1.82, 2.24) is 4.98 Å². The third-order valence-corrected chi connectivity index (χ3v) is 2.45. The molecule has 1 aromatic heterocycles. The van der Waals surface area contributed by atoms with E-state index >= 15 is 0 Å². The molecule has 100 valence electrons. The molecule has 0 atom stereocenters. The maximum absolute atomic E-state index is 13.3. The summed E-state index contributed by atoms with van der Waals surface area (Å²) < 4.78 is 18.3. The van der Waals surface area contributed by atoms with E-state index in [-0.39, 0.29) is 18.0 Å². The van der Waals surface area contributed by atoms with E-state index in [4.69, 9.17) is 11.2 Å². The molecular weight excluding hydrogens is 259 g/mol. The summed E-state index contributed by atoms with van der Waals surface area (Å²) >= 11 is 0. The van der Waals surface area contributed by atoms with Crippen LogP contribution in [-0.2, 0) is 11.3 Å². The lowest BCUT2D eigenvalue weighted by Gasteiger charge is -2.06. The highest BCUT2D eigenvalue weighted by Gasteiger charge is 2.07. The van der Waals surface area contributed by atoms with Gasteiger partial charge in [0.2, 0.25) is 5.95 Å².